The molecule has 1 N–H and O–H groups in total. The summed E-state index contributed by atoms with van der Waals surface area (Å²) in [6.07, 6.45) is 2.50. The number of para-hydroxylation sites is 1. The van der Waals surface area contributed by atoms with Crippen LogP contribution in [0.4, 0.5) is 17.2 Å². The minimum Gasteiger partial charge on any atom is -0.340 e. The molecule has 1 aliphatic heterocycles. The molecule has 3 aromatic rings. The lowest BCUT2D eigenvalue weighted by Gasteiger charge is -2.17. The second-order valence-electron chi connectivity index (χ2n) is 6.52. The summed E-state index contributed by atoms with van der Waals surface area (Å²) in [5.41, 5.74) is 4.23. The molecule has 2 aromatic carbocycles. The average molecular weight is 357 g/mol. The third-order valence-corrected chi connectivity index (χ3v) is 4.70. The summed E-state index contributed by atoms with van der Waals surface area (Å²) in [5.74, 6) is 0.583. The average Bonchev–Trinajstić information content (AvgIpc) is 3.12. The number of aromatic nitrogens is 1. The van der Waals surface area contributed by atoms with Crippen molar-refractivity contribution in [3.8, 4) is 0 Å². The van der Waals surface area contributed by atoms with Crippen molar-refractivity contribution in [1.29, 1.82) is 0 Å². The van der Waals surface area contributed by atoms with Crippen LogP contribution >= 0.6 is 0 Å². The highest BCUT2D eigenvalue weighted by Crippen LogP contribution is 2.29. The fourth-order valence-corrected chi connectivity index (χ4v) is 3.27. The molecule has 0 saturated heterocycles. The molecule has 134 valence electrons. The molecule has 27 heavy (non-hydrogen) atoms. The maximum atomic E-state index is 13.0. The molecule has 0 fully saturated rings. The molecule has 2 heterocycles. The predicted octanol–water partition coefficient (Wildman–Crippen LogP) is 4.23. The number of anilines is 3. The van der Waals surface area contributed by atoms with Crippen molar-refractivity contribution in [3.05, 3.63) is 83.6 Å². The topological polar surface area (TPSA) is 62.3 Å². The van der Waals surface area contributed by atoms with Gasteiger partial charge in [-0.2, -0.15) is 0 Å². The largest absolute Gasteiger partial charge is 0.340 e. The summed E-state index contributed by atoms with van der Waals surface area (Å²) in [6.45, 7) is 2.23. The van der Waals surface area contributed by atoms with Crippen molar-refractivity contribution in [2.24, 2.45) is 0 Å². The van der Waals surface area contributed by atoms with E-state index in [2.05, 4.69) is 16.4 Å². The number of nitrogens with one attached hydrogen (secondary N) is 1. The zero-order valence-corrected chi connectivity index (χ0v) is 15.0. The van der Waals surface area contributed by atoms with E-state index in [0.29, 0.717) is 23.5 Å². The molecule has 4 rings (SSSR count). The minimum absolute atomic E-state index is 0.0261. The lowest BCUT2D eigenvalue weighted by Crippen LogP contribution is -2.28. The van der Waals surface area contributed by atoms with Gasteiger partial charge in [0.15, 0.2) is 5.78 Å². The van der Waals surface area contributed by atoms with Crippen LogP contribution in [0.1, 0.15) is 33.2 Å². The molecule has 0 spiro atoms. The highest BCUT2D eigenvalue weighted by Gasteiger charge is 2.25. The van der Waals surface area contributed by atoms with Crippen LogP contribution in [0.15, 0.2) is 66.9 Å². The number of benzene rings is 2. The number of pyridine rings is 1. The van der Waals surface area contributed by atoms with Crippen molar-refractivity contribution in [2.45, 2.75) is 13.3 Å². The summed E-state index contributed by atoms with van der Waals surface area (Å²) in [4.78, 5) is 30.5. The van der Waals surface area contributed by atoms with Gasteiger partial charge in [-0.1, -0.05) is 18.2 Å². The van der Waals surface area contributed by atoms with Crippen molar-refractivity contribution >= 4 is 28.9 Å². The molecule has 0 saturated carbocycles. The van der Waals surface area contributed by atoms with Crippen LogP contribution in [0.2, 0.25) is 0 Å². The van der Waals surface area contributed by atoms with Crippen LogP contribution < -0.4 is 10.2 Å². The van der Waals surface area contributed by atoms with Crippen molar-refractivity contribution in [3.63, 3.8) is 0 Å². The summed E-state index contributed by atoms with van der Waals surface area (Å²) in [5, 5.41) is 3.18. The molecule has 5 heteroatoms. The molecule has 0 unspecified atom stereocenters. The Morgan fingerprint density at radius 1 is 1.00 bits per heavy atom. The van der Waals surface area contributed by atoms with Gasteiger partial charge in [0, 0.05) is 35.2 Å². The van der Waals surface area contributed by atoms with Gasteiger partial charge in [0.2, 0.25) is 0 Å². The van der Waals surface area contributed by atoms with Crippen LogP contribution in [-0.2, 0) is 6.42 Å². The van der Waals surface area contributed by atoms with Gasteiger partial charge in [-0.05, 0) is 61.4 Å². The molecule has 0 atom stereocenters. The standard InChI is InChI=1S/C22H19N3O2/c1-15(26)16-6-8-19(9-7-16)24-21-14-18(10-12-23-21)22(27)25-13-11-17-4-2-3-5-20(17)25/h2-10,12,14H,11,13H2,1H3,(H,23,24). The molecule has 1 aromatic heterocycles. The maximum absolute atomic E-state index is 13.0. The van der Waals surface area contributed by atoms with Crippen LogP contribution in [0.5, 0.6) is 0 Å². The number of ketones is 1. The van der Waals surface area contributed by atoms with Crippen LogP contribution in [-0.4, -0.2) is 23.2 Å². The lowest BCUT2D eigenvalue weighted by molar-refractivity contribution is 0.0987. The zero-order chi connectivity index (χ0) is 18.8. The number of nitrogens with zero attached hydrogens (tertiary/aromatic N) is 2. The van der Waals surface area contributed by atoms with Gasteiger partial charge in [0.25, 0.3) is 5.91 Å². The Hall–Kier alpha value is -3.47. The van der Waals surface area contributed by atoms with Gasteiger partial charge in [-0.3, -0.25) is 9.59 Å². The third kappa shape index (κ3) is 3.44. The fourth-order valence-electron chi connectivity index (χ4n) is 3.27. The number of amides is 1. The van der Waals surface area contributed by atoms with Crippen LogP contribution in [0.25, 0.3) is 0 Å². The van der Waals surface area contributed by atoms with Gasteiger partial charge in [0.05, 0.1) is 0 Å². The monoisotopic (exact) mass is 357 g/mol. The van der Waals surface area contributed by atoms with Gasteiger partial charge in [0.1, 0.15) is 5.82 Å². The van der Waals surface area contributed by atoms with E-state index in [4.69, 9.17) is 0 Å². The SMILES string of the molecule is CC(=O)c1ccc(Nc2cc(C(=O)N3CCc4ccccc43)ccn2)cc1. The van der Waals surface area contributed by atoms with E-state index in [1.54, 1.807) is 30.5 Å². The molecule has 1 aliphatic rings. The first-order chi connectivity index (χ1) is 13.1. The van der Waals surface area contributed by atoms with Crippen LogP contribution in [0.3, 0.4) is 0 Å². The number of Topliss-reactive ketones (excluding diaryl/α,β-unsaturated/α-hetero) is 1. The van der Waals surface area contributed by atoms with E-state index in [-0.39, 0.29) is 11.7 Å². The number of hydrogen-bond acceptors (Lipinski definition) is 4. The fraction of sp³-hybridized carbons (Fsp3) is 0.136. The highest BCUT2D eigenvalue weighted by atomic mass is 16.2. The van der Waals surface area contributed by atoms with Gasteiger partial charge < -0.3 is 10.2 Å². The molecule has 0 aliphatic carbocycles. The Morgan fingerprint density at radius 2 is 1.78 bits per heavy atom. The maximum Gasteiger partial charge on any atom is 0.258 e. The number of rotatable bonds is 4. The summed E-state index contributed by atoms with van der Waals surface area (Å²) in [7, 11) is 0. The predicted molar refractivity (Wildman–Crippen MR) is 106 cm³/mol. The zero-order valence-electron chi connectivity index (χ0n) is 15.0. The Bertz CT molecular complexity index is 1010. The Labute approximate surface area is 157 Å². The first-order valence-corrected chi connectivity index (χ1v) is 8.86. The van der Waals surface area contributed by atoms with E-state index in [0.717, 1.165) is 17.8 Å². The van der Waals surface area contributed by atoms with Gasteiger partial charge in [-0.25, -0.2) is 4.98 Å². The first-order valence-electron chi connectivity index (χ1n) is 8.86. The summed E-state index contributed by atoms with van der Waals surface area (Å²) >= 11 is 0. The Kier molecular flexibility index (Phi) is 4.42. The first kappa shape index (κ1) is 17.0. The Morgan fingerprint density at radius 3 is 2.56 bits per heavy atom. The molecular weight excluding hydrogens is 338 g/mol. The Balaban J connectivity index is 1.54. The molecule has 1 amide bonds. The van der Waals surface area contributed by atoms with Crippen molar-refractivity contribution in [1.82, 2.24) is 4.98 Å². The summed E-state index contributed by atoms with van der Waals surface area (Å²) in [6, 6.07) is 18.7. The van der Waals surface area contributed by atoms with E-state index in [1.807, 2.05) is 35.2 Å². The molecule has 0 radical (unpaired) electrons. The van der Waals surface area contributed by atoms with E-state index in [1.165, 1.54) is 12.5 Å². The number of carbonyl (C=O) groups is 2. The van der Waals surface area contributed by atoms with Crippen LogP contribution in [0, 0.1) is 0 Å². The highest BCUT2D eigenvalue weighted by molar-refractivity contribution is 6.07. The smallest absolute Gasteiger partial charge is 0.258 e. The van der Waals surface area contributed by atoms with Gasteiger partial charge in [-0.15, -0.1) is 0 Å². The number of carbonyl (C=O) groups excluding carboxylic acids is 2. The second-order valence-corrected chi connectivity index (χ2v) is 6.52. The van der Waals surface area contributed by atoms with E-state index in [9.17, 15) is 9.59 Å². The second kappa shape index (κ2) is 7.03. The normalized spacial score (nSPS) is 12.6. The van der Waals surface area contributed by atoms with Gasteiger partial charge >= 0.3 is 0 Å². The van der Waals surface area contributed by atoms with Crippen molar-refractivity contribution in [2.75, 3.05) is 16.8 Å². The van der Waals surface area contributed by atoms with E-state index >= 15 is 0 Å². The van der Waals surface area contributed by atoms with Crippen molar-refractivity contribution < 1.29 is 9.59 Å². The molecule has 5 nitrogen and oxygen atoms in total. The number of fused-ring (bicyclic) bond motifs is 1. The quantitative estimate of drug-likeness (QED) is 0.710. The lowest BCUT2D eigenvalue weighted by atomic mass is 10.1. The molecular formula is C22H19N3O2. The minimum atomic E-state index is -0.0303. The summed E-state index contributed by atoms with van der Waals surface area (Å²) < 4.78 is 0. The molecule has 0 bridgehead atoms. The van der Waals surface area contributed by atoms with E-state index < -0.39 is 0 Å². The number of hydrogen-bond donors (Lipinski definition) is 1. The third-order valence-electron chi connectivity index (χ3n) is 4.70.